The molecule has 0 aromatic rings. The molecule has 1 rings (SSSR count). The van der Waals surface area contributed by atoms with Gasteiger partial charge in [-0.2, -0.15) is 0 Å². The maximum absolute atomic E-state index is 13.0. The lowest BCUT2D eigenvalue weighted by Crippen LogP contribution is -2.45. The molecule has 1 heterocycles. The molecule has 16 heavy (non-hydrogen) atoms. The number of halogens is 2. The molecule has 0 aromatic heterocycles. The number of likely N-dealkylation sites (tertiary alicyclic amines) is 1. The molecule has 1 fully saturated rings. The first-order valence-electron chi connectivity index (χ1n) is 5.38. The van der Waals surface area contributed by atoms with Crippen molar-refractivity contribution in [2.24, 2.45) is 5.73 Å². The van der Waals surface area contributed by atoms with Crippen LogP contribution in [0, 0.1) is 0 Å². The largest absolute Gasteiger partial charge is 0.468 e. The molecule has 2 N–H and O–H groups in total. The number of nitrogens with zero attached hydrogens (tertiary/aromatic N) is 1. The third kappa shape index (κ3) is 4.02. The molecule has 0 radical (unpaired) electrons. The van der Waals surface area contributed by atoms with E-state index in [1.165, 1.54) is 7.11 Å². The van der Waals surface area contributed by atoms with Gasteiger partial charge in [-0.1, -0.05) is 0 Å². The quantitative estimate of drug-likeness (QED) is 0.726. The van der Waals surface area contributed by atoms with Crippen molar-refractivity contribution in [1.29, 1.82) is 0 Å². The number of nitrogens with two attached hydrogens (primary N) is 1. The van der Waals surface area contributed by atoms with Crippen LogP contribution >= 0.6 is 0 Å². The molecule has 0 aromatic carbocycles. The summed E-state index contributed by atoms with van der Waals surface area (Å²) < 4.78 is 30.5. The molecule has 6 heteroatoms. The van der Waals surface area contributed by atoms with E-state index in [9.17, 15) is 13.6 Å². The van der Waals surface area contributed by atoms with E-state index in [0.717, 1.165) is 0 Å². The van der Waals surface area contributed by atoms with Gasteiger partial charge in [0.25, 0.3) is 5.92 Å². The molecule has 4 nitrogen and oxygen atoms in total. The molecule has 0 saturated carbocycles. The lowest BCUT2D eigenvalue weighted by molar-refractivity contribution is -0.142. The third-order valence-electron chi connectivity index (χ3n) is 2.73. The molecule has 1 unspecified atom stereocenters. The van der Waals surface area contributed by atoms with Crippen LogP contribution in [-0.4, -0.2) is 49.6 Å². The highest BCUT2D eigenvalue weighted by Gasteiger charge is 2.35. The van der Waals surface area contributed by atoms with Crippen molar-refractivity contribution in [3.8, 4) is 0 Å². The van der Waals surface area contributed by atoms with Crippen LogP contribution < -0.4 is 5.73 Å². The van der Waals surface area contributed by atoms with Crippen molar-refractivity contribution in [3.05, 3.63) is 0 Å². The number of rotatable bonds is 4. The summed E-state index contributed by atoms with van der Waals surface area (Å²) in [6.07, 6.45) is 0.787. The van der Waals surface area contributed by atoms with Crippen LogP contribution in [0.2, 0.25) is 0 Å². The van der Waals surface area contributed by atoms with Crippen molar-refractivity contribution >= 4 is 5.97 Å². The highest BCUT2D eigenvalue weighted by Crippen LogP contribution is 2.26. The van der Waals surface area contributed by atoms with Crippen LogP contribution in [0.3, 0.4) is 0 Å². The molecule has 1 saturated heterocycles. The minimum Gasteiger partial charge on any atom is -0.468 e. The van der Waals surface area contributed by atoms with Gasteiger partial charge in [0.1, 0.15) is 6.04 Å². The number of hydrogen-bond acceptors (Lipinski definition) is 4. The minimum absolute atomic E-state index is 0.0491. The summed E-state index contributed by atoms with van der Waals surface area (Å²) in [5.74, 6) is -3.10. The number of esters is 1. The van der Waals surface area contributed by atoms with E-state index in [1.807, 2.05) is 0 Å². The average molecular weight is 236 g/mol. The van der Waals surface area contributed by atoms with E-state index in [4.69, 9.17) is 5.73 Å². The highest BCUT2D eigenvalue weighted by molar-refractivity contribution is 5.75. The lowest BCUT2D eigenvalue weighted by Gasteiger charge is -2.32. The van der Waals surface area contributed by atoms with Gasteiger partial charge in [-0.25, -0.2) is 8.78 Å². The van der Waals surface area contributed by atoms with Crippen LogP contribution in [0.4, 0.5) is 8.78 Å². The van der Waals surface area contributed by atoms with Gasteiger partial charge in [0.05, 0.1) is 13.7 Å². The molecule has 0 aliphatic carbocycles. The monoisotopic (exact) mass is 236 g/mol. The van der Waals surface area contributed by atoms with Crippen molar-refractivity contribution in [3.63, 3.8) is 0 Å². The molecule has 1 aliphatic rings. The van der Waals surface area contributed by atoms with Gasteiger partial charge in [0.2, 0.25) is 0 Å². The number of piperidine rings is 1. The Balaban J connectivity index is 2.30. The van der Waals surface area contributed by atoms with E-state index < -0.39 is 17.9 Å². The van der Waals surface area contributed by atoms with Gasteiger partial charge in [-0.15, -0.1) is 0 Å². The van der Waals surface area contributed by atoms with Gasteiger partial charge in [0, 0.05) is 13.0 Å². The maximum atomic E-state index is 13.0. The number of carbonyl (C=O) groups excluding carboxylic acids is 1. The summed E-state index contributed by atoms with van der Waals surface area (Å²) in [4.78, 5) is 12.6. The fourth-order valence-corrected chi connectivity index (χ4v) is 1.83. The zero-order valence-corrected chi connectivity index (χ0v) is 9.42. The van der Waals surface area contributed by atoms with Gasteiger partial charge < -0.3 is 10.5 Å². The predicted octanol–water partition coefficient (Wildman–Crippen LogP) is 0.608. The number of methoxy groups -OCH3 is 1. The van der Waals surface area contributed by atoms with Gasteiger partial charge in [-0.3, -0.25) is 9.69 Å². The molecule has 1 atom stereocenters. The van der Waals surface area contributed by atoms with E-state index >= 15 is 0 Å². The number of carbonyl (C=O) groups is 1. The van der Waals surface area contributed by atoms with E-state index in [0.29, 0.717) is 25.9 Å². The third-order valence-corrected chi connectivity index (χ3v) is 2.73. The van der Waals surface area contributed by atoms with E-state index in [1.54, 1.807) is 4.90 Å². The summed E-state index contributed by atoms with van der Waals surface area (Å²) in [5, 5.41) is 0. The Morgan fingerprint density at radius 2 is 2.31 bits per heavy atom. The Kier molecular flexibility index (Phi) is 4.61. The zero-order valence-electron chi connectivity index (χ0n) is 9.42. The standard InChI is InChI=1S/C10H18F2N2O2/c1-16-9(15)8(13)3-6-14-5-2-4-10(11,12)7-14/h8H,2-7,13H2,1H3. The van der Waals surface area contributed by atoms with Crippen molar-refractivity contribution in [1.82, 2.24) is 4.90 Å². The second-order valence-electron chi connectivity index (χ2n) is 4.15. The Morgan fingerprint density at radius 1 is 1.62 bits per heavy atom. The molecular formula is C10H18F2N2O2. The Bertz CT molecular complexity index is 249. The molecular weight excluding hydrogens is 218 g/mol. The first-order valence-corrected chi connectivity index (χ1v) is 5.38. The summed E-state index contributed by atoms with van der Waals surface area (Å²) in [6.45, 7) is 0.816. The molecule has 0 spiro atoms. The highest BCUT2D eigenvalue weighted by atomic mass is 19.3. The molecule has 1 aliphatic heterocycles. The number of alkyl halides is 2. The topological polar surface area (TPSA) is 55.6 Å². The van der Waals surface area contributed by atoms with Crippen LogP contribution in [-0.2, 0) is 9.53 Å². The predicted molar refractivity (Wildman–Crippen MR) is 55.2 cm³/mol. The number of ether oxygens (including phenoxy) is 1. The summed E-state index contributed by atoms with van der Waals surface area (Å²) >= 11 is 0. The van der Waals surface area contributed by atoms with Crippen molar-refractivity contribution < 1.29 is 18.3 Å². The smallest absolute Gasteiger partial charge is 0.322 e. The lowest BCUT2D eigenvalue weighted by atomic mass is 10.1. The second kappa shape index (κ2) is 5.54. The molecule has 94 valence electrons. The van der Waals surface area contributed by atoms with Crippen LogP contribution in [0.1, 0.15) is 19.3 Å². The fourth-order valence-electron chi connectivity index (χ4n) is 1.83. The van der Waals surface area contributed by atoms with Crippen molar-refractivity contribution in [2.75, 3.05) is 26.7 Å². The van der Waals surface area contributed by atoms with Gasteiger partial charge >= 0.3 is 5.97 Å². The fraction of sp³-hybridized carbons (Fsp3) is 0.900. The summed E-state index contributed by atoms with van der Waals surface area (Å²) in [5.41, 5.74) is 5.52. The first-order chi connectivity index (χ1) is 7.44. The second-order valence-corrected chi connectivity index (χ2v) is 4.15. The summed E-state index contributed by atoms with van der Waals surface area (Å²) in [7, 11) is 1.26. The van der Waals surface area contributed by atoms with E-state index in [2.05, 4.69) is 4.74 Å². The zero-order chi connectivity index (χ0) is 12.2. The van der Waals surface area contributed by atoms with Crippen molar-refractivity contribution in [2.45, 2.75) is 31.2 Å². The molecule has 0 amide bonds. The Morgan fingerprint density at radius 3 is 2.88 bits per heavy atom. The Hall–Kier alpha value is -0.750. The van der Waals surface area contributed by atoms with Gasteiger partial charge in [-0.05, 0) is 19.4 Å². The average Bonchev–Trinajstić information content (AvgIpc) is 2.23. The minimum atomic E-state index is -2.60. The molecule has 0 bridgehead atoms. The van der Waals surface area contributed by atoms with Gasteiger partial charge in [0.15, 0.2) is 0 Å². The normalized spacial score (nSPS) is 22.8. The van der Waals surface area contributed by atoms with Crippen LogP contribution in [0.25, 0.3) is 0 Å². The first kappa shape index (κ1) is 13.3. The van der Waals surface area contributed by atoms with Crippen LogP contribution in [0.5, 0.6) is 0 Å². The van der Waals surface area contributed by atoms with Crippen LogP contribution in [0.15, 0.2) is 0 Å². The number of hydrogen-bond donors (Lipinski definition) is 1. The summed E-state index contributed by atoms with van der Waals surface area (Å²) in [6, 6.07) is -0.722. The maximum Gasteiger partial charge on any atom is 0.322 e. The SMILES string of the molecule is COC(=O)C(N)CCN1CCCC(F)(F)C1. The Labute approximate surface area is 93.7 Å². The van der Waals surface area contributed by atoms with E-state index in [-0.39, 0.29) is 13.0 Å².